The lowest BCUT2D eigenvalue weighted by Gasteiger charge is -2.29. The van der Waals surface area contributed by atoms with Crippen LogP contribution in [0.15, 0.2) is 51.2 Å². The molecule has 3 aromatic rings. The number of anilines is 1. The molecule has 232 valence electrons. The molecular weight excluding hydrogens is 608 g/mol. The van der Waals surface area contributed by atoms with Crippen LogP contribution in [0.25, 0.3) is 5.57 Å². The van der Waals surface area contributed by atoms with Gasteiger partial charge in [0.15, 0.2) is 21.3 Å². The maximum absolute atomic E-state index is 13.2. The minimum atomic E-state index is -5.00. The number of hydrogen-bond acceptors (Lipinski definition) is 8. The van der Waals surface area contributed by atoms with Crippen molar-refractivity contribution in [2.24, 2.45) is 4.99 Å². The normalized spacial score (nSPS) is 21.1. The van der Waals surface area contributed by atoms with Gasteiger partial charge in [-0.1, -0.05) is 39.8 Å². The fraction of sp³-hybridized carbons (Fsp3) is 0.355. The number of benzene rings is 3. The Morgan fingerprint density at radius 1 is 0.886 bits per heavy atom. The van der Waals surface area contributed by atoms with Gasteiger partial charge in [-0.15, -0.1) is 0 Å². The Labute approximate surface area is 255 Å². The lowest BCUT2D eigenvalue weighted by Crippen LogP contribution is -2.36. The Morgan fingerprint density at radius 3 is 2.02 bits per heavy atom. The molecule has 0 saturated heterocycles. The van der Waals surface area contributed by atoms with Gasteiger partial charge in [0.2, 0.25) is 0 Å². The molecule has 0 radical (unpaired) electrons. The van der Waals surface area contributed by atoms with Crippen molar-refractivity contribution in [3.63, 3.8) is 0 Å². The fourth-order valence-corrected chi connectivity index (χ4v) is 8.27. The molecule has 3 heterocycles. The van der Waals surface area contributed by atoms with Gasteiger partial charge >= 0.3 is 5.97 Å². The maximum Gasteiger partial charge on any atom is 0.335 e. The van der Waals surface area contributed by atoms with E-state index in [0.717, 1.165) is 0 Å². The van der Waals surface area contributed by atoms with Crippen LogP contribution in [0.5, 0.6) is 11.5 Å². The third-order valence-electron chi connectivity index (χ3n) is 9.83. The number of carbonyl (C=O) groups is 1. The van der Waals surface area contributed by atoms with Crippen molar-refractivity contribution in [2.75, 3.05) is 11.9 Å². The smallest absolute Gasteiger partial charge is 0.335 e. The van der Waals surface area contributed by atoms with E-state index in [-0.39, 0.29) is 51.0 Å². The second-order valence-electron chi connectivity index (χ2n) is 12.8. The lowest BCUT2D eigenvalue weighted by molar-refractivity contribution is 0.0696. The molecule has 0 aromatic heterocycles. The van der Waals surface area contributed by atoms with Gasteiger partial charge in [0, 0.05) is 40.3 Å². The van der Waals surface area contributed by atoms with Crippen molar-refractivity contribution in [2.45, 2.75) is 74.2 Å². The zero-order chi connectivity index (χ0) is 32.5. The van der Waals surface area contributed by atoms with E-state index in [0.29, 0.717) is 22.3 Å². The Bertz CT molecular complexity index is 2170. The van der Waals surface area contributed by atoms with Crippen molar-refractivity contribution in [3.05, 3.63) is 74.8 Å². The molecule has 13 heteroatoms. The van der Waals surface area contributed by atoms with Crippen molar-refractivity contribution in [3.8, 4) is 11.5 Å². The molecular formula is C31H32N2O9S2. The number of carboxylic acid groups (broad SMARTS) is 1. The van der Waals surface area contributed by atoms with Crippen LogP contribution in [-0.2, 0) is 31.1 Å². The Kier molecular flexibility index (Phi) is 6.28. The van der Waals surface area contributed by atoms with Crippen molar-refractivity contribution < 1.29 is 40.6 Å². The summed E-state index contributed by atoms with van der Waals surface area (Å²) in [4.78, 5) is 16.8. The maximum atomic E-state index is 13.2. The predicted molar refractivity (Wildman–Crippen MR) is 162 cm³/mol. The van der Waals surface area contributed by atoms with Crippen LogP contribution < -0.4 is 20.2 Å². The summed E-state index contributed by atoms with van der Waals surface area (Å²) in [7, 11) is -8.28. The Hall–Kier alpha value is -3.78. The molecule has 6 rings (SSSR count). The summed E-state index contributed by atoms with van der Waals surface area (Å²) >= 11 is 0. The largest absolute Gasteiger partial charge is 0.478 e. The molecule has 0 amide bonds. The zero-order valence-electron chi connectivity index (χ0n) is 25.1. The van der Waals surface area contributed by atoms with E-state index < -0.39 is 46.8 Å². The molecule has 0 aliphatic carbocycles. The van der Waals surface area contributed by atoms with Crippen molar-refractivity contribution in [1.82, 2.24) is 0 Å². The van der Waals surface area contributed by atoms with Gasteiger partial charge < -0.3 is 14.7 Å². The first-order valence-corrected chi connectivity index (χ1v) is 16.8. The SMILES string of the molecule is CC1N=c2c(cc3c(c2S(=O)(=O)O)Oc2c(cc4c(c2S(=O)(=O)O)N(C)C(C)C4(C)C)C=3c2ccc(C(=O)O)cc2)C1(C)C. The molecule has 3 aliphatic heterocycles. The summed E-state index contributed by atoms with van der Waals surface area (Å²) in [6.45, 7) is 11.4. The van der Waals surface area contributed by atoms with Crippen molar-refractivity contribution >= 4 is 37.5 Å². The van der Waals surface area contributed by atoms with Gasteiger partial charge in [-0.05, 0) is 54.8 Å². The molecule has 3 aliphatic rings. The highest BCUT2D eigenvalue weighted by Gasteiger charge is 2.47. The number of fused-ring (bicyclic) bond motifs is 4. The minimum absolute atomic E-state index is 0.00681. The number of carboxylic acids is 1. The molecule has 0 spiro atoms. The average molecular weight is 641 g/mol. The summed E-state index contributed by atoms with van der Waals surface area (Å²) in [6, 6.07) is 8.77. The average Bonchev–Trinajstić information content (AvgIpc) is 3.23. The Balaban J connectivity index is 1.89. The van der Waals surface area contributed by atoms with E-state index in [1.54, 1.807) is 24.1 Å². The van der Waals surface area contributed by atoms with Gasteiger partial charge in [-0.3, -0.25) is 14.1 Å². The predicted octanol–water partition coefficient (Wildman–Crippen LogP) is 3.65. The second kappa shape index (κ2) is 9.13. The molecule has 0 saturated carbocycles. The summed E-state index contributed by atoms with van der Waals surface area (Å²) in [5.41, 5.74) is 1.15. The lowest BCUT2D eigenvalue weighted by atomic mass is 9.78. The van der Waals surface area contributed by atoms with Crippen LogP contribution in [0.2, 0.25) is 0 Å². The highest BCUT2D eigenvalue weighted by atomic mass is 32.2. The summed E-state index contributed by atoms with van der Waals surface area (Å²) < 4.78 is 80.0. The number of nitrogens with zero attached hydrogens (tertiary/aromatic N) is 2. The van der Waals surface area contributed by atoms with Crippen molar-refractivity contribution in [1.29, 1.82) is 0 Å². The second-order valence-corrected chi connectivity index (χ2v) is 15.5. The first-order valence-electron chi connectivity index (χ1n) is 13.9. The number of ether oxygens (including phenoxy) is 1. The van der Waals surface area contributed by atoms with Gasteiger partial charge in [0.05, 0.1) is 22.6 Å². The van der Waals surface area contributed by atoms with Crippen LogP contribution >= 0.6 is 0 Å². The number of likely N-dealkylation sites (N-methyl/N-ethyl adjacent to an activating group) is 1. The summed E-state index contributed by atoms with van der Waals surface area (Å²) in [5.74, 6) is -1.81. The molecule has 0 bridgehead atoms. The quantitative estimate of drug-likeness (QED) is 0.280. The summed E-state index contributed by atoms with van der Waals surface area (Å²) in [5, 5.41) is 9.77. The third-order valence-corrected chi connectivity index (χ3v) is 11.6. The van der Waals surface area contributed by atoms with Gasteiger partial charge in [-0.25, -0.2) is 4.79 Å². The van der Waals surface area contributed by atoms with Gasteiger partial charge in [-0.2, -0.15) is 16.8 Å². The first kappa shape index (κ1) is 30.3. The molecule has 2 atom stereocenters. The molecule has 44 heavy (non-hydrogen) atoms. The van der Waals surface area contributed by atoms with Crippen LogP contribution in [0, 0.1) is 0 Å². The van der Waals surface area contributed by atoms with E-state index in [2.05, 4.69) is 4.99 Å². The monoisotopic (exact) mass is 640 g/mol. The zero-order valence-corrected chi connectivity index (χ0v) is 26.8. The van der Waals surface area contributed by atoms with Crippen LogP contribution in [-0.4, -0.2) is 56.1 Å². The Morgan fingerprint density at radius 2 is 1.48 bits per heavy atom. The van der Waals surface area contributed by atoms with E-state index in [9.17, 15) is 35.8 Å². The molecule has 11 nitrogen and oxygen atoms in total. The number of aromatic carboxylic acids is 1. The third kappa shape index (κ3) is 4.06. The highest BCUT2D eigenvalue weighted by Crippen LogP contribution is 2.54. The number of hydrogen-bond donors (Lipinski definition) is 3. The van der Waals surface area contributed by atoms with Gasteiger partial charge in [0.25, 0.3) is 20.2 Å². The van der Waals surface area contributed by atoms with Crippen LogP contribution in [0.4, 0.5) is 5.69 Å². The first-order chi connectivity index (χ1) is 20.2. The standard InChI is InChI=1S/C31H32N2O9S2/c1-14-30(3,4)20-12-18-22(16-8-10-17(11-9-16)29(34)35)19-13-21-24(33(7)15(2)31(21,5)6)28(44(39,40)41)26(19)42-25(18)27(23(20)32-14)43(36,37)38/h8-15H,1-7H3,(H,34,35)(H,36,37,38)(H,39,40,41). The van der Waals surface area contributed by atoms with Gasteiger partial charge in [0.1, 0.15) is 0 Å². The molecule has 2 unspecified atom stereocenters. The van der Waals surface area contributed by atoms with E-state index >= 15 is 0 Å². The molecule has 3 aromatic carbocycles. The summed E-state index contributed by atoms with van der Waals surface area (Å²) in [6.07, 6.45) is 0. The molecule has 0 fully saturated rings. The van der Waals surface area contributed by atoms with E-state index in [4.69, 9.17) is 4.74 Å². The number of rotatable bonds is 4. The van der Waals surface area contributed by atoms with E-state index in [1.165, 1.54) is 24.3 Å². The fourth-order valence-electron chi connectivity index (χ4n) is 6.59. The topological polar surface area (TPSA) is 171 Å². The van der Waals surface area contributed by atoms with Crippen LogP contribution in [0.3, 0.4) is 0 Å². The van der Waals surface area contributed by atoms with E-state index in [1.807, 2.05) is 41.5 Å². The minimum Gasteiger partial charge on any atom is -0.478 e. The highest BCUT2D eigenvalue weighted by molar-refractivity contribution is 7.86. The van der Waals surface area contributed by atoms with Crippen LogP contribution in [0.1, 0.15) is 74.2 Å². The molecule has 3 N–H and O–H groups in total.